The van der Waals surface area contributed by atoms with Crippen LogP contribution in [0.15, 0.2) is 12.7 Å². The van der Waals surface area contributed by atoms with Gasteiger partial charge in [-0.3, -0.25) is 4.79 Å². The monoisotopic (exact) mass is 190 g/mol. The number of allylic oxidation sites excluding steroid dienone is 1. The van der Waals surface area contributed by atoms with Gasteiger partial charge in [-0.1, -0.05) is 18.3 Å². The van der Waals surface area contributed by atoms with Crippen molar-refractivity contribution in [1.29, 1.82) is 0 Å². The summed E-state index contributed by atoms with van der Waals surface area (Å²) in [7, 11) is 0. The first kappa shape index (κ1) is 10.7. The van der Waals surface area contributed by atoms with Crippen LogP contribution in [-0.2, 0) is 4.79 Å². The van der Waals surface area contributed by atoms with E-state index in [0.717, 1.165) is 0 Å². The van der Waals surface area contributed by atoms with Crippen LogP contribution in [0.2, 0.25) is 0 Å². The highest BCUT2D eigenvalue weighted by atomic mass is 32.1. The highest BCUT2D eigenvalue weighted by molar-refractivity contribution is 7.82. The number of thiocarbonyl (C=S) groups is 1. The molecule has 0 amide bonds. The van der Waals surface area contributed by atoms with E-state index in [4.69, 9.17) is 17.3 Å². The molecule has 0 aromatic heterocycles. The molecule has 11 heavy (non-hydrogen) atoms. The van der Waals surface area contributed by atoms with Gasteiger partial charge in [-0.2, -0.15) is 12.6 Å². The Morgan fingerprint density at radius 1 is 1.82 bits per heavy atom. The van der Waals surface area contributed by atoms with E-state index in [0.29, 0.717) is 17.7 Å². The lowest BCUT2D eigenvalue weighted by atomic mass is 10.2. The zero-order valence-electron chi connectivity index (χ0n) is 5.99. The molecule has 0 heterocycles. The van der Waals surface area contributed by atoms with Crippen molar-refractivity contribution >= 4 is 35.7 Å². The molecule has 0 aliphatic rings. The maximum Gasteiger partial charge on any atom is 0.316 e. The molecule has 1 N–H and O–H groups in total. The van der Waals surface area contributed by atoms with Gasteiger partial charge >= 0.3 is 5.97 Å². The van der Waals surface area contributed by atoms with Gasteiger partial charge in [0.05, 0.1) is 0 Å². The van der Waals surface area contributed by atoms with Gasteiger partial charge in [0.25, 0.3) is 0 Å². The Hall–Kier alpha value is -0.350. The molecule has 0 fully saturated rings. The summed E-state index contributed by atoms with van der Waals surface area (Å²) in [6.45, 7) is 3.49. The van der Waals surface area contributed by atoms with Gasteiger partial charge in [0, 0.05) is 6.42 Å². The largest absolute Gasteiger partial charge is 0.480 e. The van der Waals surface area contributed by atoms with Gasteiger partial charge in [-0.15, -0.1) is 6.58 Å². The van der Waals surface area contributed by atoms with Crippen molar-refractivity contribution in [3.63, 3.8) is 0 Å². The number of aliphatic carboxylic acids is 1. The molecule has 0 aliphatic carbocycles. The van der Waals surface area contributed by atoms with Crippen LogP contribution in [0.3, 0.4) is 0 Å². The van der Waals surface area contributed by atoms with Crippen LogP contribution in [-0.4, -0.2) is 21.2 Å². The van der Waals surface area contributed by atoms with Crippen LogP contribution in [0.1, 0.15) is 12.8 Å². The molecular formula is C7H10O2S2. The number of carbonyl (C=O) groups is 1. The normalized spacial score (nSPS) is 12.1. The molecule has 0 saturated carbocycles. The molecule has 0 rings (SSSR count). The summed E-state index contributed by atoms with van der Waals surface area (Å²) >= 11 is 8.70. The van der Waals surface area contributed by atoms with Gasteiger partial charge in [0.1, 0.15) is 5.25 Å². The molecular weight excluding hydrogens is 180 g/mol. The highest BCUT2D eigenvalue weighted by Crippen LogP contribution is 2.05. The lowest BCUT2D eigenvalue weighted by molar-refractivity contribution is -0.136. The van der Waals surface area contributed by atoms with E-state index in [9.17, 15) is 4.79 Å². The Morgan fingerprint density at radius 2 is 2.36 bits per heavy atom. The standard InChI is InChI=1S/C7H10O2S2/c1-2-3-5(10)4-6(11)7(8)9/h2,6,11H,1,3-4H2,(H,8,9). The second-order valence-corrected chi connectivity index (χ2v) is 3.29. The van der Waals surface area contributed by atoms with E-state index in [1.807, 2.05) is 0 Å². The number of carboxylic acids is 1. The van der Waals surface area contributed by atoms with Crippen molar-refractivity contribution in [3.05, 3.63) is 12.7 Å². The summed E-state index contributed by atoms with van der Waals surface area (Å²) in [5.74, 6) is -0.931. The van der Waals surface area contributed by atoms with Crippen molar-refractivity contribution in [2.75, 3.05) is 0 Å². The third-order valence-corrected chi connectivity index (χ3v) is 1.81. The lowest BCUT2D eigenvalue weighted by Gasteiger charge is -2.03. The SMILES string of the molecule is C=CCC(=S)CC(S)C(=O)O. The predicted octanol–water partition coefficient (Wildman–Crippen LogP) is 1.71. The summed E-state index contributed by atoms with van der Waals surface area (Å²) < 4.78 is 0. The quantitative estimate of drug-likeness (QED) is 0.394. The molecule has 0 radical (unpaired) electrons. The molecule has 0 aromatic carbocycles. The lowest BCUT2D eigenvalue weighted by Crippen LogP contribution is -2.16. The van der Waals surface area contributed by atoms with E-state index in [1.54, 1.807) is 6.08 Å². The summed E-state index contributed by atoms with van der Waals surface area (Å²) in [6, 6.07) is 0. The molecule has 0 saturated heterocycles. The minimum atomic E-state index is -0.931. The van der Waals surface area contributed by atoms with E-state index >= 15 is 0 Å². The Balaban J connectivity index is 3.74. The third kappa shape index (κ3) is 4.98. The number of hydrogen-bond acceptors (Lipinski definition) is 3. The van der Waals surface area contributed by atoms with Gasteiger partial charge in [-0.05, 0) is 11.3 Å². The fourth-order valence-electron chi connectivity index (χ4n) is 0.547. The molecule has 0 aliphatic heterocycles. The average molecular weight is 190 g/mol. The molecule has 2 nitrogen and oxygen atoms in total. The van der Waals surface area contributed by atoms with E-state index in [-0.39, 0.29) is 0 Å². The number of carboxylic acid groups (broad SMARTS) is 1. The van der Waals surface area contributed by atoms with Gasteiger partial charge < -0.3 is 5.11 Å². The molecule has 0 spiro atoms. The summed E-state index contributed by atoms with van der Waals surface area (Å²) in [4.78, 5) is 11.0. The van der Waals surface area contributed by atoms with Crippen LogP contribution >= 0.6 is 24.8 Å². The zero-order valence-corrected chi connectivity index (χ0v) is 7.70. The molecule has 62 valence electrons. The maximum atomic E-state index is 10.3. The highest BCUT2D eigenvalue weighted by Gasteiger charge is 2.12. The molecule has 4 heteroatoms. The second-order valence-electron chi connectivity index (χ2n) is 2.09. The first-order chi connectivity index (χ1) is 5.07. The Bertz CT molecular complexity index is 177. The zero-order chi connectivity index (χ0) is 8.85. The average Bonchev–Trinajstić information content (AvgIpc) is 1.87. The number of thiol groups is 1. The Labute approximate surface area is 76.7 Å². The van der Waals surface area contributed by atoms with Crippen molar-refractivity contribution in [3.8, 4) is 0 Å². The topological polar surface area (TPSA) is 37.3 Å². The van der Waals surface area contributed by atoms with Gasteiger partial charge in [-0.25, -0.2) is 0 Å². The summed E-state index contributed by atoms with van der Waals surface area (Å²) in [6.07, 6.45) is 2.57. The summed E-state index contributed by atoms with van der Waals surface area (Å²) in [5, 5.41) is 7.76. The Kier molecular flexibility index (Phi) is 5.15. The number of rotatable bonds is 5. The van der Waals surface area contributed by atoms with Crippen LogP contribution in [0.5, 0.6) is 0 Å². The van der Waals surface area contributed by atoms with Crippen LogP contribution in [0, 0.1) is 0 Å². The van der Waals surface area contributed by atoms with Gasteiger partial charge in [0.15, 0.2) is 0 Å². The minimum absolute atomic E-state index is 0.333. The fourth-order valence-corrected chi connectivity index (χ4v) is 1.18. The summed E-state index contributed by atoms with van der Waals surface area (Å²) in [5.41, 5.74) is 0. The van der Waals surface area contributed by atoms with E-state index in [2.05, 4.69) is 19.2 Å². The third-order valence-electron chi connectivity index (χ3n) is 1.08. The molecule has 1 atom stereocenters. The van der Waals surface area contributed by atoms with Crippen LogP contribution in [0.4, 0.5) is 0 Å². The van der Waals surface area contributed by atoms with Crippen LogP contribution < -0.4 is 0 Å². The molecule has 0 aromatic rings. The molecule has 1 unspecified atom stereocenters. The van der Waals surface area contributed by atoms with Crippen molar-refractivity contribution in [2.24, 2.45) is 0 Å². The maximum absolute atomic E-state index is 10.3. The predicted molar refractivity (Wildman–Crippen MR) is 52.4 cm³/mol. The van der Waals surface area contributed by atoms with Gasteiger partial charge in [0.2, 0.25) is 0 Å². The Morgan fingerprint density at radius 3 is 2.73 bits per heavy atom. The fraction of sp³-hybridized carbons (Fsp3) is 0.429. The first-order valence-corrected chi connectivity index (χ1v) is 4.04. The van der Waals surface area contributed by atoms with Crippen LogP contribution in [0.25, 0.3) is 0 Å². The minimum Gasteiger partial charge on any atom is -0.480 e. The smallest absolute Gasteiger partial charge is 0.316 e. The van der Waals surface area contributed by atoms with E-state index < -0.39 is 11.2 Å². The van der Waals surface area contributed by atoms with Crippen molar-refractivity contribution in [2.45, 2.75) is 18.1 Å². The number of hydrogen-bond donors (Lipinski definition) is 2. The second kappa shape index (κ2) is 5.32. The first-order valence-electron chi connectivity index (χ1n) is 3.11. The van der Waals surface area contributed by atoms with Crippen molar-refractivity contribution < 1.29 is 9.90 Å². The van der Waals surface area contributed by atoms with Crippen molar-refractivity contribution in [1.82, 2.24) is 0 Å². The van der Waals surface area contributed by atoms with E-state index in [1.165, 1.54) is 0 Å². The molecule has 0 bridgehead atoms.